The van der Waals surface area contributed by atoms with E-state index in [2.05, 4.69) is 15.6 Å². The Morgan fingerprint density at radius 3 is 2.36 bits per heavy atom. The van der Waals surface area contributed by atoms with E-state index in [1.54, 1.807) is 19.2 Å². The Morgan fingerprint density at radius 2 is 1.61 bits per heavy atom. The number of ether oxygens (including phenoxy) is 1. The standard InChI is InChI=1S/C22H21N3O3/c1-28-20-10-6-5-7-16(20)11-12-24-21(26)17-13-18(15-23-14-17)22(27)25-19-8-3-2-4-9-19/h2-10,13-15H,11-12H2,1H3,(H,24,26)(H,25,27). The van der Waals surface area contributed by atoms with Crippen molar-refractivity contribution >= 4 is 17.5 Å². The van der Waals surface area contributed by atoms with Crippen molar-refractivity contribution in [2.75, 3.05) is 19.0 Å². The number of nitrogens with zero attached hydrogens (tertiary/aromatic N) is 1. The molecule has 0 aliphatic rings. The summed E-state index contributed by atoms with van der Waals surface area (Å²) in [5.41, 5.74) is 2.35. The van der Waals surface area contributed by atoms with E-state index in [0.29, 0.717) is 29.8 Å². The van der Waals surface area contributed by atoms with Crippen molar-refractivity contribution < 1.29 is 14.3 Å². The number of anilines is 1. The van der Waals surface area contributed by atoms with Gasteiger partial charge in [-0.2, -0.15) is 0 Å². The quantitative estimate of drug-likeness (QED) is 0.664. The number of nitrogens with one attached hydrogen (secondary N) is 2. The Morgan fingerprint density at radius 1 is 0.929 bits per heavy atom. The van der Waals surface area contributed by atoms with Crippen molar-refractivity contribution in [1.29, 1.82) is 0 Å². The maximum absolute atomic E-state index is 12.4. The van der Waals surface area contributed by atoms with Crippen LogP contribution < -0.4 is 15.4 Å². The molecule has 0 atom stereocenters. The predicted molar refractivity (Wildman–Crippen MR) is 108 cm³/mol. The van der Waals surface area contributed by atoms with Crippen LogP contribution in [0.5, 0.6) is 5.75 Å². The number of para-hydroxylation sites is 2. The van der Waals surface area contributed by atoms with Gasteiger partial charge in [0.25, 0.3) is 11.8 Å². The van der Waals surface area contributed by atoms with Gasteiger partial charge in [-0.3, -0.25) is 14.6 Å². The molecule has 0 bridgehead atoms. The minimum atomic E-state index is -0.317. The molecule has 142 valence electrons. The molecule has 0 aliphatic heterocycles. The third-order valence-electron chi connectivity index (χ3n) is 4.17. The second-order valence-electron chi connectivity index (χ2n) is 6.10. The third kappa shape index (κ3) is 4.94. The fraction of sp³-hybridized carbons (Fsp3) is 0.136. The van der Waals surface area contributed by atoms with E-state index in [1.807, 2.05) is 42.5 Å². The van der Waals surface area contributed by atoms with Gasteiger partial charge in [-0.15, -0.1) is 0 Å². The number of carbonyl (C=O) groups is 2. The highest BCUT2D eigenvalue weighted by atomic mass is 16.5. The van der Waals surface area contributed by atoms with Crippen LogP contribution in [0, 0.1) is 0 Å². The smallest absolute Gasteiger partial charge is 0.257 e. The van der Waals surface area contributed by atoms with Gasteiger partial charge in [0.05, 0.1) is 18.2 Å². The number of methoxy groups -OCH3 is 1. The summed E-state index contributed by atoms with van der Waals surface area (Å²) in [6.45, 7) is 0.444. The normalized spacial score (nSPS) is 10.2. The van der Waals surface area contributed by atoms with Crippen LogP contribution in [0.15, 0.2) is 73.1 Å². The molecule has 6 nitrogen and oxygen atoms in total. The van der Waals surface area contributed by atoms with Crippen molar-refractivity contribution in [3.63, 3.8) is 0 Å². The van der Waals surface area contributed by atoms with E-state index in [-0.39, 0.29) is 11.8 Å². The zero-order chi connectivity index (χ0) is 19.8. The summed E-state index contributed by atoms with van der Waals surface area (Å²) >= 11 is 0. The van der Waals surface area contributed by atoms with Crippen molar-refractivity contribution in [2.24, 2.45) is 0 Å². The maximum Gasteiger partial charge on any atom is 0.257 e. The Labute approximate surface area is 163 Å². The largest absolute Gasteiger partial charge is 0.496 e. The molecule has 28 heavy (non-hydrogen) atoms. The first-order valence-electron chi connectivity index (χ1n) is 8.89. The van der Waals surface area contributed by atoms with Gasteiger partial charge in [0, 0.05) is 24.6 Å². The van der Waals surface area contributed by atoms with Crippen molar-refractivity contribution in [3.8, 4) is 5.75 Å². The molecule has 0 unspecified atom stereocenters. The van der Waals surface area contributed by atoms with Crippen LogP contribution in [-0.4, -0.2) is 30.5 Å². The zero-order valence-corrected chi connectivity index (χ0v) is 15.5. The van der Waals surface area contributed by atoms with Gasteiger partial charge in [-0.25, -0.2) is 0 Å². The zero-order valence-electron chi connectivity index (χ0n) is 15.5. The minimum absolute atomic E-state index is 0.281. The Kier molecular flexibility index (Phi) is 6.36. The molecule has 2 N–H and O–H groups in total. The maximum atomic E-state index is 12.4. The third-order valence-corrected chi connectivity index (χ3v) is 4.17. The molecule has 1 aromatic heterocycles. The molecule has 2 aromatic carbocycles. The van der Waals surface area contributed by atoms with Crippen LogP contribution in [0.2, 0.25) is 0 Å². The fourth-order valence-electron chi connectivity index (χ4n) is 2.74. The number of rotatable bonds is 7. The molecule has 1 heterocycles. The van der Waals surface area contributed by atoms with E-state index in [1.165, 1.54) is 18.5 Å². The predicted octanol–water partition coefficient (Wildman–Crippen LogP) is 3.32. The average molecular weight is 375 g/mol. The van der Waals surface area contributed by atoms with Crippen LogP contribution in [0.1, 0.15) is 26.3 Å². The number of benzene rings is 2. The number of amides is 2. The van der Waals surface area contributed by atoms with E-state index < -0.39 is 0 Å². The van der Waals surface area contributed by atoms with Gasteiger partial charge >= 0.3 is 0 Å². The highest BCUT2D eigenvalue weighted by Crippen LogP contribution is 2.17. The van der Waals surface area contributed by atoms with Crippen LogP contribution in [-0.2, 0) is 6.42 Å². The van der Waals surface area contributed by atoms with Gasteiger partial charge in [0.2, 0.25) is 0 Å². The molecule has 0 fully saturated rings. The van der Waals surface area contributed by atoms with Crippen molar-refractivity contribution in [1.82, 2.24) is 10.3 Å². The Balaban J connectivity index is 1.60. The number of aromatic nitrogens is 1. The summed E-state index contributed by atoms with van der Waals surface area (Å²) in [6, 6.07) is 18.3. The minimum Gasteiger partial charge on any atom is -0.496 e. The molecule has 0 spiro atoms. The van der Waals surface area contributed by atoms with E-state index in [9.17, 15) is 9.59 Å². The number of hydrogen-bond acceptors (Lipinski definition) is 4. The van der Waals surface area contributed by atoms with Crippen LogP contribution in [0.3, 0.4) is 0 Å². The molecular formula is C22H21N3O3. The first kappa shape index (κ1) is 19.1. The highest BCUT2D eigenvalue weighted by molar-refractivity contribution is 6.05. The van der Waals surface area contributed by atoms with Crippen LogP contribution >= 0.6 is 0 Å². The lowest BCUT2D eigenvalue weighted by atomic mass is 10.1. The summed E-state index contributed by atoms with van der Waals surface area (Å²) in [5.74, 6) is 0.192. The van der Waals surface area contributed by atoms with Crippen molar-refractivity contribution in [3.05, 3.63) is 89.7 Å². The first-order chi connectivity index (χ1) is 13.7. The lowest BCUT2D eigenvalue weighted by Crippen LogP contribution is -2.26. The van der Waals surface area contributed by atoms with E-state index >= 15 is 0 Å². The molecule has 0 radical (unpaired) electrons. The summed E-state index contributed by atoms with van der Waals surface area (Å²) < 4.78 is 5.31. The summed E-state index contributed by atoms with van der Waals surface area (Å²) in [7, 11) is 1.62. The van der Waals surface area contributed by atoms with Gasteiger partial charge in [0.1, 0.15) is 5.75 Å². The number of hydrogen-bond donors (Lipinski definition) is 2. The Bertz CT molecular complexity index is 958. The van der Waals surface area contributed by atoms with Crippen LogP contribution in [0.25, 0.3) is 0 Å². The lowest BCUT2D eigenvalue weighted by molar-refractivity contribution is 0.0953. The Hall–Kier alpha value is -3.67. The number of carbonyl (C=O) groups excluding carboxylic acids is 2. The molecule has 3 aromatic rings. The van der Waals surface area contributed by atoms with Gasteiger partial charge in [-0.1, -0.05) is 36.4 Å². The summed E-state index contributed by atoms with van der Waals surface area (Å²) in [5, 5.41) is 5.63. The van der Waals surface area contributed by atoms with E-state index in [4.69, 9.17) is 4.74 Å². The SMILES string of the molecule is COc1ccccc1CCNC(=O)c1cncc(C(=O)Nc2ccccc2)c1. The molecule has 2 amide bonds. The molecule has 0 saturated carbocycles. The molecule has 0 saturated heterocycles. The molecule has 6 heteroatoms. The second-order valence-corrected chi connectivity index (χ2v) is 6.10. The summed E-state index contributed by atoms with van der Waals surface area (Å²) in [6.07, 6.45) is 3.51. The monoisotopic (exact) mass is 375 g/mol. The lowest BCUT2D eigenvalue weighted by Gasteiger charge is -2.10. The van der Waals surface area contributed by atoms with Gasteiger partial charge in [-0.05, 0) is 36.2 Å². The summed E-state index contributed by atoms with van der Waals surface area (Å²) in [4.78, 5) is 28.8. The molecule has 3 rings (SSSR count). The van der Waals surface area contributed by atoms with Gasteiger partial charge in [0.15, 0.2) is 0 Å². The number of pyridine rings is 1. The van der Waals surface area contributed by atoms with E-state index in [0.717, 1.165) is 11.3 Å². The fourth-order valence-corrected chi connectivity index (χ4v) is 2.74. The van der Waals surface area contributed by atoms with Crippen molar-refractivity contribution in [2.45, 2.75) is 6.42 Å². The molecule has 0 aliphatic carbocycles. The molecular weight excluding hydrogens is 354 g/mol. The van der Waals surface area contributed by atoms with Gasteiger partial charge < -0.3 is 15.4 Å². The van der Waals surface area contributed by atoms with Crippen LogP contribution in [0.4, 0.5) is 5.69 Å². The second kappa shape index (κ2) is 9.32. The first-order valence-corrected chi connectivity index (χ1v) is 8.89. The highest BCUT2D eigenvalue weighted by Gasteiger charge is 2.12. The topological polar surface area (TPSA) is 80.3 Å². The average Bonchev–Trinajstić information content (AvgIpc) is 2.75.